The minimum absolute atomic E-state index is 0. The van der Waals surface area contributed by atoms with Gasteiger partial charge < -0.3 is 16.9 Å². The molecule has 20 heavy (non-hydrogen) atoms. The van der Waals surface area contributed by atoms with Gasteiger partial charge in [-0.25, -0.2) is 0 Å². The van der Waals surface area contributed by atoms with Crippen LogP contribution in [0.1, 0.15) is 11.1 Å². The molecular weight excluding hydrogens is 462 g/mol. The maximum Gasteiger partial charge on any atom is 2.00 e. The van der Waals surface area contributed by atoms with Crippen LogP contribution < -0.4 is 9.47 Å². The van der Waals surface area contributed by atoms with Crippen LogP contribution in [0.2, 0.25) is 0 Å². The van der Waals surface area contributed by atoms with Gasteiger partial charge in [0.2, 0.25) is 0 Å². The molecule has 0 aromatic heterocycles. The van der Waals surface area contributed by atoms with Crippen molar-refractivity contribution in [3.63, 3.8) is 0 Å². The predicted molar refractivity (Wildman–Crippen MR) is 54.5 cm³/mol. The van der Waals surface area contributed by atoms with E-state index in [1.807, 2.05) is 6.07 Å². The van der Waals surface area contributed by atoms with Crippen LogP contribution in [0.3, 0.4) is 0 Å². The molecule has 2 nitrogen and oxygen atoms in total. The molecule has 0 bridgehead atoms. The normalized spacial score (nSPS) is 11.2. The Hall–Kier alpha value is -0.912. The Morgan fingerprint density at radius 3 is 1.80 bits per heavy atom. The van der Waals surface area contributed by atoms with Gasteiger partial charge in [0.1, 0.15) is 0 Å². The molecule has 0 atom stereocenters. The second-order valence-corrected chi connectivity index (χ2v) is 3.39. The molecule has 0 aliphatic rings. The standard InChI is InChI=1S/C10H7F6O2.CH3.W/c1-5-3-6(2)8(18-10(14,15)16)7(4-5)17-9(11,12)13;;/h3H,1-2H3;1H3;/q2*-1;+2. The van der Waals surface area contributed by atoms with E-state index < -0.39 is 24.2 Å². The van der Waals surface area contributed by atoms with E-state index in [2.05, 4.69) is 9.47 Å². The van der Waals surface area contributed by atoms with Crippen molar-refractivity contribution >= 4 is 0 Å². The average molecular weight is 472 g/mol. The van der Waals surface area contributed by atoms with Gasteiger partial charge in [-0.3, -0.25) is 0 Å². The van der Waals surface area contributed by atoms with E-state index in [-0.39, 0.29) is 39.6 Å². The number of rotatable bonds is 2. The minimum Gasteiger partial charge on any atom is -0.466 e. The van der Waals surface area contributed by atoms with Crippen LogP contribution >= 0.6 is 0 Å². The van der Waals surface area contributed by atoms with Crippen molar-refractivity contribution in [3.8, 4) is 11.5 Å². The molecule has 0 radical (unpaired) electrons. The number of hydrogen-bond donors (Lipinski definition) is 0. The van der Waals surface area contributed by atoms with E-state index in [0.29, 0.717) is 0 Å². The summed E-state index contributed by atoms with van der Waals surface area (Å²) >= 11 is 0. The van der Waals surface area contributed by atoms with Crippen molar-refractivity contribution in [3.05, 3.63) is 30.7 Å². The van der Waals surface area contributed by atoms with Crippen molar-refractivity contribution in [1.82, 2.24) is 0 Å². The van der Waals surface area contributed by atoms with E-state index in [1.165, 1.54) is 19.9 Å². The molecular formula is C11H10F6O2W. The SMILES string of the molecule is Cc1[c-]c(OC(F)(F)F)c(OC(F)(F)F)c(C)c1.[CH3-].[W+2]. The third-order valence-electron chi connectivity index (χ3n) is 1.74. The monoisotopic (exact) mass is 472 g/mol. The predicted octanol–water partition coefficient (Wildman–Crippen LogP) is 4.35. The van der Waals surface area contributed by atoms with Gasteiger partial charge >= 0.3 is 33.8 Å². The first-order chi connectivity index (χ1) is 7.98. The number of benzene rings is 1. The Bertz CT molecular complexity index is 442. The Morgan fingerprint density at radius 2 is 1.40 bits per heavy atom. The number of alkyl halides is 6. The summed E-state index contributed by atoms with van der Waals surface area (Å²) in [6.07, 6.45) is -10.2. The fourth-order valence-electron chi connectivity index (χ4n) is 1.27. The van der Waals surface area contributed by atoms with Gasteiger partial charge in [0.25, 0.3) is 0 Å². The fraction of sp³-hybridized carbons (Fsp3) is 0.364. The van der Waals surface area contributed by atoms with Crippen molar-refractivity contribution in [2.75, 3.05) is 0 Å². The molecule has 114 valence electrons. The van der Waals surface area contributed by atoms with E-state index in [1.54, 1.807) is 0 Å². The van der Waals surface area contributed by atoms with Crippen LogP contribution in [0.15, 0.2) is 6.07 Å². The Labute approximate surface area is 126 Å². The van der Waals surface area contributed by atoms with Gasteiger partial charge in [-0.2, -0.15) is 11.6 Å². The molecule has 0 unspecified atom stereocenters. The Balaban J connectivity index is 0. The first kappa shape index (κ1) is 21.4. The van der Waals surface area contributed by atoms with E-state index in [0.717, 1.165) is 0 Å². The first-order valence-corrected chi connectivity index (χ1v) is 4.53. The average Bonchev–Trinajstić information content (AvgIpc) is 2.06. The summed E-state index contributed by atoms with van der Waals surface area (Å²) in [6, 6.07) is 3.23. The molecule has 0 spiro atoms. The zero-order valence-corrected chi connectivity index (χ0v) is 13.5. The summed E-state index contributed by atoms with van der Waals surface area (Å²) in [7, 11) is 0. The van der Waals surface area contributed by atoms with Gasteiger partial charge in [-0.05, 0) is 0 Å². The van der Waals surface area contributed by atoms with Gasteiger partial charge in [0.05, 0.1) is 11.5 Å². The molecule has 0 saturated heterocycles. The molecule has 0 amide bonds. The van der Waals surface area contributed by atoms with Crippen LogP contribution in [0, 0.1) is 27.3 Å². The van der Waals surface area contributed by atoms with Crippen molar-refractivity contribution in [2.45, 2.75) is 26.6 Å². The Kier molecular flexibility index (Phi) is 7.70. The van der Waals surface area contributed by atoms with Gasteiger partial charge in [-0.15, -0.1) is 38.0 Å². The van der Waals surface area contributed by atoms with Crippen molar-refractivity contribution < 1.29 is 56.9 Å². The van der Waals surface area contributed by atoms with Gasteiger partial charge in [0.15, 0.2) is 0 Å². The van der Waals surface area contributed by atoms with Gasteiger partial charge in [-0.1, -0.05) is 13.8 Å². The van der Waals surface area contributed by atoms with Gasteiger partial charge in [0, 0.05) is 0 Å². The summed E-state index contributed by atoms with van der Waals surface area (Å²) in [5.74, 6) is -2.19. The summed E-state index contributed by atoms with van der Waals surface area (Å²) < 4.78 is 79.3. The first-order valence-electron chi connectivity index (χ1n) is 4.53. The van der Waals surface area contributed by atoms with Crippen LogP contribution in [0.4, 0.5) is 26.3 Å². The number of hydrogen-bond acceptors (Lipinski definition) is 2. The van der Waals surface area contributed by atoms with E-state index >= 15 is 0 Å². The molecule has 0 aliphatic heterocycles. The molecule has 0 fully saturated rings. The number of halogens is 6. The Morgan fingerprint density at radius 1 is 0.950 bits per heavy atom. The second-order valence-electron chi connectivity index (χ2n) is 3.39. The van der Waals surface area contributed by atoms with Crippen molar-refractivity contribution in [2.24, 2.45) is 0 Å². The maximum absolute atomic E-state index is 12.1. The molecule has 1 rings (SSSR count). The molecule has 1 aromatic rings. The summed E-state index contributed by atoms with van der Waals surface area (Å²) in [4.78, 5) is 0. The molecule has 0 aliphatic carbocycles. The van der Waals surface area contributed by atoms with E-state index in [4.69, 9.17) is 0 Å². The van der Waals surface area contributed by atoms with Crippen LogP contribution in [0.25, 0.3) is 0 Å². The van der Waals surface area contributed by atoms with Crippen LogP contribution in [-0.4, -0.2) is 12.7 Å². The van der Waals surface area contributed by atoms with Crippen molar-refractivity contribution in [1.29, 1.82) is 0 Å². The third kappa shape index (κ3) is 7.03. The quantitative estimate of drug-likeness (QED) is 0.471. The summed E-state index contributed by atoms with van der Waals surface area (Å²) in [6.45, 7) is 2.54. The van der Waals surface area contributed by atoms with E-state index in [9.17, 15) is 26.3 Å². The molecule has 9 heteroatoms. The van der Waals surface area contributed by atoms with Crippen LogP contribution in [0.5, 0.6) is 11.5 Å². The molecule has 0 saturated carbocycles. The fourth-order valence-corrected chi connectivity index (χ4v) is 1.27. The maximum atomic E-state index is 12.1. The zero-order valence-electron chi connectivity index (χ0n) is 10.6. The number of ether oxygens (including phenoxy) is 2. The minimum atomic E-state index is -5.12. The number of aryl methyl sites for hydroxylation is 2. The molecule has 0 heterocycles. The largest absolute Gasteiger partial charge is 2.00 e. The summed E-state index contributed by atoms with van der Waals surface area (Å²) in [5, 5.41) is 0. The summed E-state index contributed by atoms with van der Waals surface area (Å²) in [5.41, 5.74) is 0.0594. The second kappa shape index (κ2) is 7.20. The zero-order chi connectivity index (χ0) is 14.1. The molecule has 1 aromatic carbocycles. The molecule has 0 N–H and O–H groups in total. The topological polar surface area (TPSA) is 18.5 Å². The smallest absolute Gasteiger partial charge is 0.466 e. The third-order valence-corrected chi connectivity index (χ3v) is 1.74. The van der Waals surface area contributed by atoms with Crippen LogP contribution in [-0.2, 0) is 21.1 Å².